The van der Waals surface area contributed by atoms with Gasteiger partial charge in [-0.3, -0.25) is 4.79 Å². The second-order valence-electron chi connectivity index (χ2n) is 6.19. The van der Waals surface area contributed by atoms with Crippen LogP contribution in [0, 0.1) is 5.82 Å². The smallest absolute Gasteiger partial charge is 0.242 e. The average Bonchev–Trinajstić information content (AvgIpc) is 2.67. The van der Waals surface area contributed by atoms with Crippen LogP contribution < -0.4 is 10.1 Å². The molecule has 0 aliphatic rings. The van der Waals surface area contributed by atoms with Gasteiger partial charge in [-0.05, 0) is 42.0 Å². The second kappa shape index (κ2) is 10.8. The number of carbonyl (C=O) groups is 1. The van der Waals surface area contributed by atoms with E-state index in [1.807, 2.05) is 0 Å². The summed E-state index contributed by atoms with van der Waals surface area (Å²) in [7, 11) is -0.546. The second-order valence-corrected chi connectivity index (χ2v) is 9.76. The van der Waals surface area contributed by atoms with Gasteiger partial charge in [0.05, 0.1) is 17.2 Å². The molecule has 2 aromatic rings. The van der Waals surface area contributed by atoms with Crippen LogP contribution in [-0.4, -0.2) is 51.6 Å². The van der Waals surface area contributed by atoms with E-state index in [2.05, 4.69) is 5.32 Å². The Morgan fingerprint density at radius 2 is 1.90 bits per heavy atom. The zero-order chi connectivity index (χ0) is 21.4. The van der Waals surface area contributed by atoms with Gasteiger partial charge in [-0.15, -0.1) is 11.8 Å². The molecule has 29 heavy (non-hydrogen) atoms. The third kappa shape index (κ3) is 7.18. The van der Waals surface area contributed by atoms with Crippen molar-refractivity contribution >= 4 is 39.3 Å². The summed E-state index contributed by atoms with van der Waals surface area (Å²) in [5.74, 6) is 0.502. The van der Waals surface area contributed by atoms with E-state index in [0.717, 1.165) is 4.31 Å². The van der Waals surface area contributed by atoms with E-state index in [4.69, 9.17) is 16.3 Å². The largest absolute Gasteiger partial charge is 0.492 e. The lowest BCUT2D eigenvalue weighted by molar-refractivity contribution is -0.118. The molecule has 0 radical (unpaired) electrons. The van der Waals surface area contributed by atoms with E-state index in [0.29, 0.717) is 28.6 Å². The number of ether oxygens (including phenoxy) is 1. The third-order valence-corrected chi connectivity index (χ3v) is 6.85. The number of sulfonamides is 1. The standard InChI is InChI=1S/C19H22ClFN2O4S2/c1-23(2)29(25,26)17-7-5-16(6-8-17)27-10-9-22-19(24)13-28-12-14-3-4-15(20)11-18(14)21/h3-8,11H,9-10,12-13H2,1-2H3,(H,22,24). The molecule has 0 aliphatic carbocycles. The molecule has 1 N–H and O–H groups in total. The lowest BCUT2D eigenvalue weighted by atomic mass is 10.2. The molecule has 0 bridgehead atoms. The number of halogens is 2. The van der Waals surface area contributed by atoms with Gasteiger partial charge in [0, 0.05) is 24.9 Å². The van der Waals surface area contributed by atoms with Gasteiger partial charge in [0.15, 0.2) is 0 Å². The highest BCUT2D eigenvalue weighted by molar-refractivity contribution is 7.99. The topological polar surface area (TPSA) is 75.7 Å². The number of hydrogen-bond acceptors (Lipinski definition) is 5. The predicted molar refractivity (Wildman–Crippen MR) is 113 cm³/mol. The van der Waals surface area contributed by atoms with Gasteiger partial charge >= 0.3 is 0 Å². The summed E-state index contributed by atoms with van der Waals surface area (Å²) < 4.78 is 44.3. The van der Waals surface area contributed by atoms with Crippen LogP contribution >= 0.6 is 23.4 Å². The molecule has 0 unspecified atom stereocenters. The molecule has 10 heteroatoms. The lowest BCUT2D eigenvalue weighted by Crippen LogP contribution is -2.29. The summed E-state index contributed by atoms with van der Waals surface area (Å²) in [4.78, 5) is 12.0. The first kappa shape index (κ1) is 23.5. The van der Waals surface area contributed by atoms with E-state index >= 15 is 0 Å². The molecule has 0 aromatic heterocycles. The molecule has 0 saturated carbocycles. The summed E-state index contributed by atoms with van der Waals surface area (Å²) in [6, 6.07) is 10.5. The average molecular weight is 461 g/mol. The van der Waals surface area contributed by atoms with Crippen LogP contribution in [0.1, 0.15) is 5.56 Å². The van der Waals surface area contributed by atoms with Gasteiger partial charge in [0.25, 0.3) is 0 Å². The Bertz CT molecular complexity index is 938. The number of benzene rings is 2. The van der Waals surface area contributed by atoms with Crippen molar-refractivity contribution in [3.63, 3.8) is 0 Å². The Balaban J connectivity index is 1.67. The summed E-state index contributed by atoms with van der Waals surface area (Å²) in [6.45, 7) is 0.536. The van der Waals surface area contributed by atoms with Crippen LogP contribution in [0.15, 0.2) is 47.4 Å². The van der Waals surface area contributed by atoms with Crippen LogP contribution in [0.2, 0.25) is 5.02 Å². The maximum absolute atomic E-state index is 13.7. The molecular weight excluding hydrogens is 439 g/mol. The van der Waals surface area contributed by atoms with Crippen molar-refractivity contribution in [3.8, 4) is 5.75 Å². The van der Waals surface area contributed by atoms with E-state index < -0.39 is 10.0 Å². The SMILES string of the molecule is CN(C)S(=O)(=O)c1ccc(OCCNC(=O)CSCc2ccc(Cl)cc2F)cc1. The number of rotatable bonds is 10. The summed E-state index contributed by atoms with van der Waals surface area (Å²) in [6.07, 6.45) is 0. The Morgan fingerprint density at radius 1 is 1.21 bits per heavy atom. The molecule has 0 aliphatic heterocycles. The monoisotopic (exact) mass is 460 g/mol. The fraction of sp³-hybridized carbons (Fsp3) is 0.316. The molecule has 2 rings (SSSR count). The summed E-state index contributed by atoms with van der Waals surface area (Å²) in [5.41, 5.74) is 0.496. The van der Waals surface area contributed by atoms with E-state index in [1.54, 1.807) is 24.3 Å². The van der Waals surface area contributed by atoms with Gasteiger partial charge in [-0.1, -0.05) is 17.7 Å². The first-order chi connectivity index (χ1) is 13.7. The number of amides is 1. The molecular formula is C19H22ClFN2O4S2. The predicted octanol–water partition coefficient (Wildman–Crippen LogP) is 3.16. The van der Waals surface area contributed by atoms with Crippen LogP contribution in [0.5, 0.6) is 5.75 Å². The van der Waals surface area contributed by atoms with Crippen LogP contribution in [0.3, 0.4) is 0 Å². The van der Waals surface area contributed by atoms with Gasteiger partial charge in [0.2, 0.25) is 15.9 Å². The lowest BCUT2D eigenvalue weighted by Gasteiger charge is -2.12. The molecule has 0 heterocycles. The maximum Gasteiger partial charge on any atom is 0.242 e. The normalized spacial score (nSPS) is 11.5. The summed E-state index contributed by atoms with van der Waals surface area (Å²) >= 11 is 7.00. The zero-order valence-electron chi connectivity index (χ0n) is 16.0. The number of hydrogen-bond donors (Lipinski definition) is 1. The van der Waals surface area contributed by atoms with Crippen molar-refractivity contribution in [2.24, 2.45) is 0 Å². The van der Waals surface area contributed by atoms with Crippen molar-refractivity contribution in [1.82, 2.24) is 9.62 Å². The van der Waals surface area contributed by atoms with Crippen LogP contribution in [0.4, 0.5) is 4.39 Å². The zero-order valence-corrected chi connectivity index (χ0v) is 18.4. The first-order valence-electron chi connectivity index (χ1n) is 8.64. The Hall–Kier alpha value is -1.81. The Kier molecular flexibility index (Phi) is 8.76. The quantitative estimate of drug-likeness (QED) is 0.551. The summed E-state index contributed by atoms with van der Waals surface area (Å²) in [5, 5.41) is 3.05. The molecule has 0 fully saturated rings. The Labute approximate surface area is 179 Å². The molecule has 0 atom stereocenters. The van der Waals surface area contributed by atoms with Gasteiger partial charge in [0.1, 0.15) is 18.2 Å². The molecule has 1 amide bonds. The Morgan fingerprint density at radius 3 is 2.52 bits per heavy atom. The van der Waals surface area contributed by atoms with Crippen LogP contribution in [0.25, 0.3) is 0 Å². The molecule has 0 saturated heterocycles. The van der Waals surface area contributed by atoms with Crippen molar-refractivity contribution in [2.75, 3.05) is 33.0 Å². The van der Waals surface area contributed by atoms with Crippen molar-refractivity contribution < 1.29 is 22.3 Å². The third-order valence-electron chi connectivity index (χ3n) is 3.80. The fourth-order valence-electron chi connectivity index (χ4n) is 2.22. The molecule has 6 nitrogen and oxygen atoms in total. The van der Waals surface area contributed by atoms with E-state index in [-0.39, 0.29) is 29.0 Å². The molecule has 2 aromatic carbocycles. The van der Waals surface area contributed by atoms with Crippen LogP contribution in [-0.2, 0) is 20.6 Å². The van der Waals surface area contributed by atoms with Gasteiger partial charge in [-0.2, -0.15) is 0 Å². The minimum Gasteiger partial charge on any atom is -0.492 e. The van der Waals surface area contributed by atoms with E-state index in [9.17, 15) is 17.6 Å². The molecule has 158 valence electrons. The van der Waals surface area contributed by atoms with Crippen molar-refractivity contribution in [3.05, 3.63) is 58.9 Å². The highest BCUT2D eigenvalue weighted by Crippen LogP contribution is 2.20. The minimum atomic E-state index is -3.48. The fourth-order valence-corrected chi connectivity index (χ4v) is 4.13. The highest BCUT2D eigenvalue weighted by Gasteiger charge is 2.16. The number of thioether (sulfide) groups is 1. The van der Waals surface area contributed by atoms with Crippen molar-refractivity contribution in [1.29, 1.82) is 0 Å². The minimum absolute atomic E-state index is 0.178. The molecule has 0 spiro atoms. The van der Waals surface area contributed by atoms with E-state index in [1.165, 1.54) is 44.1 Å². The first-order valence-corrected chi connectivity index (χ1v) is 11.6. The maximum atomic E-state index is 13.7. The van der Waals surface area contributed by atoms with Gasteiger partial charge in [-0.25, -0.2) is 17.1 Å². The number of carbonyl (C=O) groups excluding carboxylic acids is 1. The number of nitrogens with one attached hydrogen (secondary N) is 1. The number of nitrogens with zero attached hydrogens (tertiary/aromatic N) is 1. The highest BCUT2D eigenvalue weighted by atomic mass is 35.5. The van der Waals surface area contributed by atoms with Crippen molar-refractivity contribution in [2.45, 2.75) is 10.6 Å². The van der Waals surface area contributed by atoms with Gasteiger partial charge < -0.3 is 10.1 Å².